The van der Waals surface area contributed by atoms with Crippen LogP contribution in [0.2, 0.25) is 0 Å². The van der Waals surface area contributed by atoms with Crippen molar-refractivity contribution in [2.75, 3.05) is 59.7 Å². The smallest absolute Gasteiger partial charge is 0.157 e. The predicted octanol–water partition coefficient (Wildman–Crippen LogP) is 1.99. The van der Waals surface area contributed by atoms with Crippen LogP contribution in [0.15, 0.2) is 36.7 Å². The number of anilines is 4. The number of rotatable bonds is 3. The highest BCUT2D eigenvalue weighted by Crippen LogP contribution is 2.31. The second kappa shape index (κ2) is 6.55. The molecule has 2 saturated heterocycles. The van der Waals surface area contributed by atoms with Crippen molar-refractivity contribution in [1.29, 1.82) is 0 Å². The van der Waals surface area contributed by atoms with Crippen molar-refractivity contribution < 1.29 is 0 Å². The number of benzene rings is 1. The number of nitrogens with two attached hydrogens (primary N) is 1. The van der Waals surface area contributed by atoms with Crippen LogP contribution in [-0.2, 0) is 0 Å². The van der Waals surface area contributed by atoms with E-state index >= 15 is 0 Å². The van der Waals surface area contributed by atoms with Gasteiger partial charge in [-0.2, -0.15) is 0 Å². The Labute approximate surface area is 142 Å². The first-order chi connectivity index (χ1) is 11.8. The van der Waals surface area contributed by atoms with Crippen LogP contribution < -0.4 is 20.4 Å². The quantitative estimate of drug-likeness (QED) is 0.931. The first kappa shape index (κ1) is 15.1. The summed E-state index contributed by atoms with van der Waals surface area (Å²) in [7, 11) is 0. The number of nitrogens with zero attached hydrogens (tertiary/aromatic N) is 5. The van der Waals surface area contributed by atoms with Crippen LogP contribution in [0, 0.1) is 0 Å². The number of nitrogen functional groups attached to an aromatic ring is 1. The molecule has 24 heavy (non-hydrogen) atoms. The molecule has 4 rings (SSSR count). The average Bonchev–Trinajstić information content (AvgIpc) is 3.17. The molecule has 0 unspecified atom stereocenters. The molecule has 0 amide bonds. The Hall–Kier alpha value is -2.50. The molecule has 2 N–H and O–H groups in total. The van der Waals surface area contributed by atoms with Gasteiger partial charge < -0.3 is 20.4 Å². The third-order valence-electron chi connectivity index (χ3n) is 4.95. The molecule has 2 aromatic rings. The summed E-state index contributed by atoms with van der Waals surface area (Å²) in [5.41, 5.74) is 8.43. The lowest BCUT2D eigenvalue weighted by molar-refractivity contribution is 0.647. The van der Waals surface area contributed by atoms with Gasteiger partial charge in [-0.15, -0.1) is 0 Å². The van der Waals surface area contributed by atoms with Gasteiger partial charge in [-0.05, 0) is 25.0 Å². The molecular weight excluding hydrogens is 300 g/mol. The molecule has 2 aliphatic heterocycles. The van der Waals surface area contributed by atoms with Gasteiger partial charge in [0.15, 0.2) is 11.6 Å². The first-order valence-electron chi connectivity index (χ1n) is 8.73. The van der Waals surface area contributed by atoms with Gasteiger partial charge in [0.05, 0.1) is 0 Å². The van der Waals surface area contributed by atoms with Gasteiger partial charge >= 0.3 is 0 Å². The Bertz CT molecular complexity index is 675. The molecule has 0 aliphatic carbocycles. The molecule has 0 radical (unpaired) electrons. The van der Waals surface area contributed by atoms with E-state index in [9.17, 15) is 0 Å². The van der Waals surface area contributed by atoms with E-state index in [1.54, 1.807) is 6.33 Å². The minimum absolute atomic E-state index is 0.729. The minimum atomic E-state index is 0.729. The topological polar surface area (TPSA) is 61.5 Å². The van der Waals surface area contributed by atoms with E-state index in [0.29, 0.717) is 0 Å². The highest BCUT2D eigenvalue weighted by atomic mass is 15.3. The normalized spacial score (nSPS) is 18.2. The molecule has 126 valence electrons. The number of piperazine rings is 1. The summed E-state index contributed by atoms with van der Waals surface area (Å²) >= 11 is 0. The molecule has 0 bridgehead atoms. The second-order valence-electron chi connectivity index (χ2n) is 6.44. The Balaban J connectivity index is 1.48. The van der Waals surface area contributed by atoms with Gasteiger partial charge in [0.2, 0.25) is 0 Å². The van der Waals surface area contributed by atoms with E-state index in [1.165, 1.54) is 18.5 Å². The highest BCUT2D eigenvalue weighted by Gasteiger charge is 2.24. The van der Waals surface area contributed by atoms with Crippen LogP contribution in [0.25, 0.3) is 0 Å². The van der Waals surface area contributed by atoms with Crippen LogP contribution in [0.4, 0.5) is 23.0 Å². The zero-order valence-corrected chi connectivity index (χ0v) is 13.9. The maximum atomic E-state index is 6.42. The second-order valence-corrected chi connectivity index (χ2v) is 6.44. The third kappa shape index (κ3) is 2.84. The summed E-state index contributed by atoms with van der Waals surface area (Å²) in [5.74, 6) is 1.79. The van der Waals surface area contributed by atoms with Crippen LogP contribution in [0.3, 0.4) is 0 Å². The molecule has 1 aromatic heterocycles. The van der Waals surface area contributed by atoms with Crippen LogP contribution in [0.5, 0.6) is 0 Å². The van der Waals surface area contributed by atoms with Gasteiger partial charge in [-0.1, -0.05) is 18.2 Å². The molecule has 3 heterocycles. The van der Waals surface area contributed by atoms with Crippen molar-refractivity contribution in [2.24, 2.45) is 0 Å². The van der Waals surface area contributed by atoms with E-state index in [-0.39, 0.29) is 0 Å². The van der Waals surface area contributed by atoms with Crippen LogP contribution in [0.1, 0.15) is 12.8 Å². The molecule has 2 fully saturated rings. The number of hydrogen-bond acceptors (Lipinski definition) is 6. The summed E-state index contributed by atoms with van der Waals surface area (Å²) in [4.78, 5) is 15.9. The fourth-order valence-electron chi connectivity index (χ4n) is 3.63. The summed E-state index contributed by atoms with van der Waals surface area (Å²) in [6.07, 6.45) is 4.09. The monoisotopic (exact) mass is 324 g/mol. The van der Waals surface area contributed by atoms with Crippen LogP contribution in [-0.4, -0.2) is 49.2 Å². The maximum absolute atomic E-state index is 6.42. The zero-order valence-electron chi connectivity index (χ0n) is 13.9. The Morgan fingerprint density at radius 2 is 1.25 bits per heavy atom. The standard InChI is InChI=1S/C18H24N6/c19-16-17(23-8-4-5-9-23)20-14-21-18(16)24-12-10-22(11-13-24)15-6-2-1-3-7-15/h1-3,6-7,14H,4-5,8-13,19H2. The molecule has 0 saturated carbocycles. The third-order valence-corrected chi connectivity index (χ3v) is 4.95. The Kier molecular flexibility index (Phi) is 4.11. The molecule has 1 aromatic carbocycles. The fourth-order valence-corrected chi connectivity index (χ4v) is 3.63. The molecule has 6 nitrogen and oxygen atoms in total. The molecule has 2 aliphatic rings. The number of hydrogen-bond donors (Lipinski definition) is 1. The molecule has 0 atom stereocenters. The van der Waals surface area contributed by atoms with E-state index in [2.05, 4.69) is 55.0 Å². The molecule has 6 heteroatoms. The van der Waals surface area contributed by atoms with E-state index in [1.807, 2.05) is 0 Å². The first-order valence-corrected chi connectivity index (χ1v) is 8.73. The Morgan fingerprint density at radius 3 is 1.88 bits per heavy atom. The summed E-state index contributed by atoms with van der Waals surface area (Å²) in [5, 5.41) is 0. The van der Waals surface area contributed by atoms with Gasteiger partial charge in [0, 0.05) is 45.0 Å². The van der Waals surface area contributed by atoms with E-state index in [0.717, 1.165) is 56.6 Å². The summed E-state index contributed by atoms with van der Waals surface area (Å²) in [6.45, 7) is 5.90. The zero-order chi connectivity index (χ0) is 16.4. The lowest BCUT2D eigenvalue weighted by Gasteiger charge is -2.37. The number of aromatic nitrogens is 2. The van der Waals surface area contributed by atoms with Crippen molar-refractivity contribution in [3.05, 3.63) is 36.7 Å². The van der Waals surface area contributed by atoms with Crippen molar-refractivity contribution in [3.63, 3.8) is 0 Å². The highest BCUT2D eigenvalue weighted by molar-refractivity contribution is 5.76. The van der Waals surface area contributed by atoms with Crippen LogP contribution >= 0.6 is 0 Å². The minimum Gasteiger partial charge on any atom is -0.393 e. The SMILES string of the molecule is Nc1c(N2CCCC2)ncnc1N1CCN(c2ccccc2)CC1. The maximum Gasteiger partial charge on any atom is 0.157 e. The number of para-hydroxylation sites is 1. The van der Waals surface area contributed by atoms with Gasteiger partial charge in [-0.3, -0.25) is 0 Å². The lowest BCUT2D eigenvalue weighted by Crippen LogP contribution is -2.47. The summed E-state index contributed by atoms with van der Waals surface area (Å²) < 4.78 is 0. The van der Waals surface area contributed by atoms with E-state index in [4.69, 9.17) is 5.73 Å². The average molecular weight is 324 g/mol. The molecule has 0 spiro atoms. The predicted molar refractivity (Wildman–Crippen MR) is 98.8 cm³/mol. The van der Waals surface area contributed by atoms with Crippen molar-refractivity contribution >= 4 is 23.0 Å². The summed E-state index contributed by atoms with van der Waals surface area (Å²) in [6, 6.07) is 10.6. The van der Waals surface area contributed by atoms with Gasteiger partial charge in [0.25, 0.3) is 0 Å². The van der Waals surface area contributed by atoms with E-state index < -0.39 is 0 Å². The van der Waals surface area contributed by atoms with Crippen molar-refractivity contribution in [3.8, 4) is 0 Å². The van der Waals surface area contributed by atoms with Crippen molar-refractivity contribution in [1.82, 2.24) is 9.97 Å². The van der Waals surface area contributed by atoms with Gasteiger partial charge in [-0.25, -0.2) is 9.97 Å². The molecular formula is C18H24N6. The van der Waals surface area contributed by atoms with Gasteiger partial charge in [0.1, 0.15) is 12.0 Å². The lowest BCUT2D eigenvalue weighted by atomic mass is 10.2. The van der Waals surface area contributed by atoms with Crippen molar-refractivity contribution in [2.45, 2.75) is 12.8 Å². The fraction of sp³-hybridized carbons (Fsp3) is 0.444. The Morgan fingerprint density at radius 1 is 0.708 bits per heavy atom. The largest absolute Gasteiger partial charge is 0.393 e.